The van der Waals surface area contributed by atoms with E-state index in [4.69, 9.17) is 4.74 Å². The third kappa shape index (κ3) is 5.15. The number of carbonyl (C=O) groups excluding carboxylic acids is 2. The molecule has 7 nitrogen and oxygen atoms in total. The van der Waals surface area contributed by atoms with Gasteiger partial charge in [0.25, 0.3) is 11.7 Å². The van der Waals surface area contributed by atoms with Crippen LogP contribution in [0, 0.1) is 6.92 Å². The van der Waals surface area contributed by atoms with Gasteiger partial charge in [-0.2, -0.15) is 0 Å². The van der Waals surface area contributed by atoms with Crippen molar-refractivity contribution in [1.82, 2.24) is 9.80 Å². The molecule has 1 aliphatic heterocycles. The molecule has 0 aromatic heterocycles. The molecule has 1 aliphatic rings. The van der Waals surface area contributed by atoms with Gasteiger partial charge in [-0.05, 0) is 62.5 Å². The van der Waals surface area contributed by atoms with Gasteiger partial charge in [-0.1, -0.05) is 24.8 Å². The van der Waals surface area contributed by atoms with Gasteiger partial charge >= 0.3 is 0 Å². The minimum atomic E-state index is -0.677. The summed E-state index contributed by atoms with van der Waals surface area (Å²) in [5.41, 5.74) is 3.10. The van der Waals surface area contributed by atoms with E-state index >= 15 is 0 Å². The number of amides is 1. The van der Waals surface area contributed by atoms with Crippen molar-refractivity contribution >= 4 is 23.1 Å². The number of benzene rings is 2. The average molecular weight is 464 g/mol. The summed E-state index contributed by atoms with van der Waals surface area (Å²) in [6, 6.07) is 12.3. The predicted octanol–water partition coefficient (Wildman–Crippen LogP) is 3.61. The van der Waals surface area contributed by atoms with Crippen LogP contribution in [-0.4, -0.2) is 74.5 Å². The number of anilines is 1. The maximum absolute atomic E-state index is 13.2. The Morgan fingerprint density at radius 2 is 1.79 bits per heavy atom. The van der Waals surface area contributed by atoms with Gasteiger partial charge in [-0.3, -0.25) is 9.59 Å². The summed E-state index contributed by atoms with van der Waals surface area (Å²) in [5, 5.41) is 11.3. The molecule has 0 saturated carbocycles. The second kappa shape index (κ2) is 10.6. The molecule has 1 amide bonds. The van der Waals surface area contributed by atoms with Crippen LogP contribution in [-0.2, 0) is 9.59 Å². The average Bonchev–Trinajstić information content (AvgIpc) is 3.05. The lowest BCUT2D eigenvalue weighted by molar-refractivity contribution is -0.140. The van der Waals surface area contributed by atoms with E-state index in [0.29, 0.717) is 31.0 Å². The van der Waals surface area contributed by atoms with Gasteiger partial charge in [0.1, 0.15) is 18.1 Å². The van der Waals surface area contributed by atoms with Crippen molar-refractivity contribution in [3.05, 3.63) is 77.4 Å². The van der Waals surface area contributed by atoms with E-state index in [9.17, 15) is 14.7 Å². The predicted molar refractivity (Wildman–Crippen MR) is 135 cm³/mol. The Kier molecular flexibility index (Phi) is 7.79. The first-order chi connectivity index (χ1) is 16.1. The Labute approximate surface area is 201 Å². The molecule has 1 atom stereocenters. The number of likely N-dealkylation sites (tertiary alicyclic amines) is 1. The number of hydrogen-bond acceptors (Lipinski definition) is 6. The van der Waals surface area contributed by atoms with Crippen LogP contribution in [0.4, 0.5) is 5.69 Å². The van der Waals surface area contributed by atoms with Crippen molar-refractivity contribution in [3.8, 4) is 5.75 Å². The first-order valence-electron chi connectivity index (χ1n) is 11.2. The van der Waals surface area contributed by atoms with Crippen molar-refractivity contribution in [2.45, 2.75) is 13.0 Å². The standard InChI is InChI=1S/C27H33N3O4/c1-7-16-34-21-12-13-22(18(2)17-21)25(31)23-24(19-8-10-20(11-9-19)29(5)6)30(15-14-28(3)4)27(33)26(23)32/h7-13,17,24,31H,1,14-16H2,2-6H3. The fourth-order valence-corrected chi connectivity index (χ4v) is 4.01. The van der Waals surface area contributed by atoms with Crippen LogP contribution in [0.15, 0.2) is 60.7 Å². The number of ether oxygens (including phenoxy) is 1. The van der Waals surface area contributed by atoms with Crippen LogP contribution < -0.4 is 9.64 Å². The molecular weight excluding hydrogens is 430 g/mol. The summed E-state index contributed by atoms with van der Waals surface area (Å²) in [6.07, 6.45) is 1.65. The van der Waals surface area contributed by atoms with Crippen molar-refractivity contribution < 1.29 is 19.4 Å². The molecule has 1 unspecified atom stereocenters. The molecule has 0 radical (unpaired) electrons. The normalized spacial score (nSPS) is 17.4. The van der Waals surface area contributed by atoms with Crippen LogP contribution >= 0.6 is 0 Å². The molecule has 1 fully saturated rings. The number of ketones is 1. The van der Waals surface area contributed by atoms with E-state index in [1.807, 2.05) is 69.2 Å². The van der Waals surface area contributed by atoms with Crippen molar-refractivity contribution in [2.75, 3.05) is 52.8 Å². The van der Waals surface area contributed by atoms with E-state index < -0.39 is 17.7 Å². The van der Waals surface area contributed by atoms with E-state index in [2.05, 4.69) is 6.58 Å². The lowest BCUT2D eigenvalue weighted by Gasteiger charge is -2.27. The number of carbonyl (C=O) groups is 2. The van der Waals surface area contributed by atoms with Gasteiger partial charge in [-0.15, -0.1) is 0 Å². The van der Waals surface area contributed by atoms with Gasteiger partial charge in [0.05, 0.1) is 11.6 Å². The van der Waals surface area contributed by atoms with Gasteiger partial charge in [0.15, 0.2) is 0 Å². The summed E-state index contributed by atoms with van der Waals surface area (Å²) >= 11 is 0. The minimum Gasteiger partial charge on any atom is -0.507 e. The Hall–Kier alpha value is -3.58. The molecule has 0 aliphatic carbocycles. The fourth-order valence-electron chi connectivity index (χ4n) is 4.01. The second-order valence-electron chi connectivity index (χ2n) is 8.86. The van der Waals surface area contributed by atoms with Crippen LogP contribution in [0.5, 0.6) is 5.75 Å². The molecule has 3 rings (SSSR count). The largest absolute Gasteiger partial charge is 0.507 e. The minimum absolute atomic E-state index is 0.101. The van der Waals surface area contributed by atoms with Crippen LogP contribution in [0.2, 0.25) is 0 Å². The van der Waals surface area contributed by atoms with E-state index in [-0.39, 0.29) is 11.3 Å². The molecule has 34 heavy (non-hydrogen) atoms. The number of Topliss-reactive ketones (excluding diaryl/α,β-unsaturated/α-hetero) is 1. The highest BCUT2D eigenvalue weighted by Gasteiger charge is 2.46. The Morgan fingerprint density at radius 1 is 1.12 bits per heavy atom. The lowest BCUT2D eigenvalue weighted by Crippen LogP contribution is -2.35. The summed E-state index contributed by atoms with van der Waals surface area (Å²) in [4.78, 5) is 31.7. The highest BCUT2D eigenvalue weighted by Crippen LogP contribution is 2.40. The van der Waals surface area contributed by atoms with Crippen molar-refractivity contribution in [3.63, 3.8) is 0 Å². The summed E-state index contributed by atoms with van der Waals surface area (Å²) in [6.45, 7) is 6.80. The van der Waals surface area contributed by atoms with Gasteiger partial charge in [0, 0.05) is 38.4 Å². The van der Waals surface area contributed by atoms with Crippen LogP contribution in [0.1, 0.15) is 22.7 Å². The number of likely N-dealkylation sites (N-methyl/N-ethyl adjacent to an activating group) is 1. The Bertz CT molecular complexity index is 1100. The topological polar surface area (TPSA) is 73.3 Å². The zero-order valence-electron chi connectivity index (χ0n) is 20.5. The maximum Gasteiger partial charge on any atom is 0.295 e. The molecule has 1 saturated heterocycles. The highest BCUT2D eigenvalue weighted by atomic mass is 16.5. The monoisotopic (exact) mass is 463 g/mol. The second-order valence-corrected chi connectivity index (χ2v) is 8.86. The van der Waals surface area contributed by atoms with Gasteiger partial charge in [0.2, 0.25) is 0 Å². The molecule has 2 aromatic carbocycles. The Balaban J connectivity index is 2.11. The van der Waals surface area contributed by atoms with Crippen molar-refractivity contribution in [1.29, 1.82) is 0 Å². The molecule has 1 heterocycles. The lowest BCUT2D eigenvalue weighted by atomic mass is 9.93. The van der Waals surface area contributed by atoms with Crippen LogP contribution in [0.25, 0.3) is 5.76 Å². The Morgan fingerprint density at radius 3 is 2.35 bits per heavy atom. The number of aryl methyl sites for hydroxylation is 1. The molecule has 0 bridgehead atoms. The first kappa shape index (κ1) is 25.1. The molecule has 180 valence electrons. The van der Waals surface area contributed by atoms with Crippen molar-refractivity contribution in [2.24, 2.45) is 0 Å². The zero-order valence-corrected chi connectivity index (χ0v) is 20.5. The van der Waals surface area contributed by atoms with Gasteiger partial charge in [-0.25, -0.2) is 0 Å². The molecule has 2 aromatic rings. The number of aliphatic hydroxyl groups excluding tert-OH is 1. The summed E-state index contributed by atoms with van der Waals surface area (Å²) in [7, 11) is 7.72. The zero-order chi connectivity index (χ0) is 25.0. The molecule has 0 spiro atoms. The number of rotatable bonds is 9. The number of hydrogen-bond donors (Lipinski definition) is 1. The highest BCUT2D eigenvalue weighted by molar-refractivity contribution is 6.46. The first-order valence-corrected chi connectivity index (χ1v) is 11.2. The van der Waals surface area contributed by atoms with Gasteiger partial charge < -0.3 is 24.5 Å². The summed E-state index contributed by atoms with van der Waals surface area (Å²) in [5.74, 6) is -0.825. The third-order valence-corrected chi connectivity index (χ3v) is 5.87. The van der Waals surface area contributed by atoms with E-state index in [0.717, 1.165) is 16.8 Å². The molecule has 7 heteroatoms. The molecular formula is C27H33N3O4. The number of nitrogens with zero attached hydrogens (tertiary/aromatic N) is 3. The maximum atomic E-state index is 13.2. The molecule has 1 N–H and O–H groups in total. The summed E-state index contributed by atoms with van der Waals surface area (Å²) < 4.78 is 5.57. The van der Waals surface area contributed by atoms with E-state index in [1.54, 1.807) is 29.2 Å². The van der Waals surface area contributed by atoms with E-state index in [1.165, 1.54) is 0 Å². The smallest absolute Gasteiger partial charge is 0.295 e. The quantitative estimate of drug-likeness (QED) is 0.265. The number of aliphatic hydroxyl groups is 1. The SMILES string of the molecule is C=CCOc1ccc(C(O)=C2C(=O)C(=O)N(CCN(C)C)C2c2ccc(N(C)C)cc2)c(C)c1. The van der Waals surface area contributed by atoms with Crippen LogP contribution in [0.3, 0.4) is 0 Å². The third-order valence-electron chi connectivity index (χ3n) is 5.87. The fraction of sp³-hybridized carbons (Fsp3) is 0.333.